The zero-order valence-corrected chi connectivity index (χ0v) is 51.2. The van der Waals surface area contributed by atoms with Crippen molar-refractivity contribution in [1.29, 1.82) is 0 Å². The fourth-order valence-corrected chi connectivity index (χ4v) is 11.0. The van der Waals surface area contributed by atoms with Crippen LogP contribution in [0.15, 0.2) is 267 Å². The van der Waals surface area contributed by atoms with Gasteiger partial charge in [0.05, 0.1) is 0 Å². The van der Waals surface area contributed by atoms with Gasteiger partial charge in [0, 0.05) is 69.8 Å². The Balaban J connectivity index is 0.000000134. The molecule has 0 saturated carbocycles. The summed E-state index contributed by atoms with van der Waals surface area (Å²) in [6.45, 7) is 17.3. The highest BCUT2D eigenvalue weighted by Crippen LogP contribution is 2.33. The second-order valence-corrected chi connectivity index (χ2v) is 22.3. The predicted octanol–water partition coefficient (Wildman–Crippen LogP) is 17.8. The number of rotatable bonds is 8. The van der Waals surface area contributed by atoms with Crippen molar-refractivity contribution in [2.24, 2.45) is 28.2 Å². The third-order valence-corrected chi connectivity index (χ3v) is 15.9. The molecule has 0 spiro atoms. The fourth-order valence-electron chi connectivity index (χ4n) is 11.0. The van der Waals surface area contributed by atoms with Crippen LogP contribution in [0.1, 0.15) is 44.5 Å². The number of aryl methyl sites for hydroxylation is 12. The third kappa shape index (κ3) is 14.3. The van der Waals surface area contributed by atoms with Crippen molar-refractivity contribution in [1.82, 2.24) is 0 Å². The Hall–Kier alpha value is -9.64. The van der Waals surface area contributed by atoms with Crippen LogP contribution in [0, 0.1) is 55.4 Å². The van der Waals surface area contributed by atoms with Crippen LogP contribution < -0.4 is 18.3 Å². The first-order valence-corrected chi connectivity index (χ1v) is 29.1. The molecule has 4 heteroatoms. The lowest BCUT2D eigenvalue weighted by Gasteiger charge is -2.11. The van der Waals surface area contributed by atoms with Crippen LogP contribution in [0.3, 0.4) is 0 Å². The van der Waals surface area contributed by atoms with Crippen molar-refractivity contribution in [2.45, 2.75) is 55.4 Å². The normalized spacial score (nSPS) is 10.6. The van der Waals surface area contributed by atoms with E-state index in [1.54, 1.807) is 0 Å². The summed E-state index contributed by atoms with van der Waals surface area (Å²) in [5, 5.41) is 0. The van der Waals surface area contributed by atoms with E-state index in [0.717, 1.165) is 0 Å². The molecule has 0 unspecified atom stereocenters. The summed E-state index contributed by atoms with van der Waals surface area (Å²) >= 11 is 0. The molecule has 0 fully saturated rings. The Morgan fingerprint density at radius 2 is 0.560 bits per heavy atom. The zero-order valence-electron chi connectivity index (χ0n) is 51.2. The van der Waals surface area contributed by atoms with E-state index in [2.05, 4.69) is 369 Å². The minimum atomic E-state index is 1.24. The molecule has 0 aliphatic rings. The van der Waals surface area contributed by atoms with Crippen LogP contribution in [0.2, 0.25) is 0 Å². The van der Waals surface area contributed by atoms with Crippen molar-refractivity contribution in [3.05, 3.63) is 312 Å². The van der Waals surface area contributed by atoms with Gasteiger partial charge in [-0.25, -0.2) is 18.3 Å². The van der Waals surface area contributed by atoms with Crippen LogP contribution in [0.25, 0.3) is 89.5 Å². The second-order valence-electron chi connectivity index (χ2n) is 22.3. The molecule has 0 aliphatic heterocycles. The number of aromatic nitrogens is 4. The van der Waals surface area contributed by atoms with Crippen molar-refractivity contribution in [3.63, 3.8) is 0 Å². The van der Waals surface area contributed by atoms with Crippen LogP contribution in [-0.2, 0) is 28.2 Å². The fraction of sp³-hybridized carbons (Fsp3) is 0.150. The molecule has 84 heavy (non-hydrogen) atoms. The number of pyridine rings is 4. The molecular formula is C80H80N4+4. The highest BCUT2D eigenvalue weighted by Gasteiger charge is 2.18. The summed E-state index contributed by atoms with van der Waals surface area (Å²) in [6.07, 6.45) is 8.56. The molecule has 0 radical (unpaired) electrons. The monoisotopic (exact) mass is 1100 g/mol. The Morgan fingerprint density at radius 1 is 0.202 bits per heavy atom. The zero-order chi connectivity index (χ0) is 59.3. The summed E-state index contributed by atoms with van der Waals surface area (Å²) in [5.41, 5.74) is 30.8. The number of hydrogen-bond acceptors (Lipinski definition) is 0. The van der Waals surface area contributed by atoms with E-state index in [9.17, 15) is 0 Å². The molecule has 4 nitrogen and oxygen atoms in total. The van der Waals surface area contributed by atoms with Gasteiger partial charge >= 0.3 is 0 Å². The minimum Gasteiger partial charge on any atom is -0.201 e. The maximum Gasteiger partial charge on any atom is 0.212 e. The van der Waals surface area contributed by atoms with Gasteiger partial charge < -0.3 is 0 Å². The van der Waals surface area contributed by atoms with Gasteiger partial charge in [-0.2, -0.15) is 0 Å². The number of nitrogens with zero attached hydrogens (tertiary/aromatic N) is 4. The van der Waals surface area contributed by atoms with E-state index in [4.69, 9.17) is 0 Å². The van der Waals surface area contributed by atoms with E-state index in [-0.39, 0.29) is 0 Å². The van der Waals surface area contributed by atoms with Gasteiger partial charge in [-0.05, 0) is 176 Å². The molecule has 0 saturated heterocycles. The molecule has 4 aromatic heterocycles. The van der Waals surface area contributed by atoms with Gasteiger partial charge in [-0.3, -0.25) is 0 Å². The van der Waals surface area contributed by atoms with Crippen LogP contribution in [0.4, 0.5) is 0 Å². The average Bonchev–Trinajstić information content (AvgIpc) is 3.32. The molecule has 0 amide bonds. The van der Waals surface area contributed by atoms with Gasteiger partial charge in [-0.15, -0.1) is 0 Å². The molecule has 12 aromatic rings. The van der Waals surface area contributed by atoms with E-state index in [1.165, 1.54) is 134 Å². The first-order chi connectivity index (χ1) is 40.6. The summed E-state index contributed by atoms with van der Waals surface area (Å²) in [5.74, 6) is 0. The highest BCUT2D eigenvalue weighted by molar-refractivity contribution is 5.77. The summed E-state index contributed by atoms with van der Waals surface area (Å²) in [6, 6.07) is 86.2. The summed E-state index contributed by atoms with van der Waals surface area (Å²) in [4.78, 5) is 0. The number of hydrogen-bond donors (Lipinski definition) is 0. The van der Waals surface area contributed by atoms with Gasteiger partial charge in [0.25, 0.3) is 0 Å². The molecule has 416 valence electrons. The van der Waals surface area contributed by atoms with E-state index in [0.29, 0.717) is 0 Å². The Labute approximate surface area is 500 Å². The predicted molar refractivity (Wildman–Crippen MR) is 352 cm³/mol. The standard InChI is InChI=1S/C21H22N.2C20H20N.C19H18N/c1-15-10-11-19(18-8-6-5-7-9-18)13-20(15)21-12-16(2)17(3)14-22(21)4;1-15-13-16(2)19(20-11-7-8-12-21(20)3)14-18(15)17-9-5-4-6-10-17;1-15-9-12-20(21(3)14-15)19-13-18(11-10-16(19)2)17-7-5-4-6-8-17;1-15-11-12-17(16-8-4-3-5-9-16)14-18(15)19-10-6-7-13-20(19)2/h5-14H,1-4H3;2*4-14H,1-3H3;3-14H,1-2H3/q4*+1. The van der Waals surface area contributed by atoms with E-state index < -0.39 is 0 Å². The highest BCUT2D eigenvalue weighted by atomic mass is 14.9. The molecule has 0 N–H and O–H groups in total. The third-order valence-electron chi connectivity index (χ3n) is 15.9. The topological polar surface area (TPSA) is 15.5 Å². The lowest BCUT2D eigenvalue weighted by molar-refractivity contribution is -0.660. The molecule has 0 bridgehead atoms. The first kappa shape index (κ1) is 59.0. The van der Waals surface area contributed by atoms with Crippen LogP contribution >= 0.6 is 0 Å². The van der Waals surface area contributed by atoms with Gasteiger partial charge in [0.15, 0.2) is 24.8 Å². The Bertz CT molecular complexity index is 4180. The quantitative estimate of drug-likeness (QED) is 0.135. The molecule has 0 atom stereocenters. The molecule has 8 aromatic carbocycles. The van der Waals surface area contributed by atoms with E-state index in [1.807, 2.05) is 0 Å². The van der Waals surface area contributed by atoms with Gasteiger partial charge in [0.1, 0.15) is 28.2 Å². The van der Waals surface area contributed by atoms with Gasteiger partial charge in [-0.1, -0.05) is 164 Å². The first-order valence-electron chi connectivity index (χ1n) is 29.1. The summed E-state index contributed by atoms with van der Waals surface area (Å²) < 4.78 is 8.76. The Kier molecular flexibility index (Phi) is 19.3. The minimum absolute atomic E-state index is 1.24. The van der Waals surface area contributed by atoms with Crippen molar-refractivity contribution < 1.29 is 18.3 Å². The number of benzene rings is 8. The lowest BCUT2D eigenvalue weighted by atomic mass is 9.93. The van der Waals surface area contributed by atoms with E-state index >= 15 is 0 Å². The second kappa shape index (κ2) is 27.4. The van der Waals surface area contributed by atoms with Crippen molar-refractivity contribution >= 4 is 0 Å². The maximum absolute atomic E-state index is 2.31. The summed E-state index contributed by atoms with van der Waals surface area (Å²) in [7, 11) is 8.41. The largest absolute Gasteiger partial charge is 0.212 e. The van der Waals surface area contributed by atoms with Crippen molar-refractivity contribution in [2.75, 3.05) is 0 Å². The Morgan fingerprint density at radius 3 is 0.976 bits per heavy atom. The van der Waals surface area contributed by atoms with Crippen molar-refractivity contribution in [3.8, 4) is 89.5 Å². The van der Waals surface area contributed by atoms with Crippen LogP contribution in [-0.4, -0.2) is 0 Å². The molecule has 12 rings (SSSR count). The van der Waals surface area contributed by atoms with Crippen LogP contribution in [0.5, 0.6) is 0 Å². The lowest BCUT2D eigenvalue weighted by Crippen LogP contribution is -2.31. The SMILES string of the molecule is Cc1cc(-c2cc(-c3ccccc3)ccc2C)[n+](C)cc1C.Cc1cc(C)c(-c2cccc[n+]2C)cc1-c1ccccc1.Cc1ccc(-c2cc(-c3ccccc3)ccc2C)[n+](C)c1.Cc1ccc(-c2ccccc2)cc1-c1cccc[n+]1C. The maximum atomic E-state index is 2.31. The smallest absolute Gasteiger partial charge is 0.201 e. The average molecular weight is 1100 g/mol. The molecule has 0 aliphatic carbocycles. The molecular weight excluding hydrogens is 1020 g/mol. The molecule has 4 heterocycles. The van der Waals surface area contributed by atoms with Gasteiger partial charge in [0.2, 0.25) is 22.8 Å².